The van der Waals surface area contributed by atoms with Crippen LogP contribution < -0.4 is 5.46 Å². The molecule has 0 atom stereocenters. The van der Waals surface area contributed by atoms with Crippen molar-refractivity contribution >= 4 is 34.5 Å². The number of hydrogen-bond donors (Lipinski definition) is 1. The summed E-state index contributed by atoms with van der Waals surface area (Å²) >= 11 is 1.70. The highest BCUT2D eigenvalue weighted by Gasteiger charge is 2.35. The Balaban J connectivity index is 1.74. The second-order valence-electron chi connectivity index (χ2n) is 7.04. The van der Waals surface area contributed by atoms with E-state index in [4.69, 9.17) is 4.65 Å². The first-order valence-corrected chi connectivity index (χ1v) is 8.89. The van der Waals surface area contributed by atoms with E-state index in [1.165, 1.54) is 4.70 Å². The molecule has 2 aromatic carbocycles. The SMILES string of the molecule is CC(C)(O)C(C)(C)OBc1ccc(-c2nc3ccccc3s2)cc1. The highest BCUT2D eigenvalue weighted by Crippen LogP contribution is 2.29. The first-order chi connectivity index (χ1) is 11.3. The Kier molecular flexibility index (Phi) is 4.51. The fourth-order valence-electron chi connectivity index (χ4n) is 2.18. The van der Waals surface area contributed by atoms with Crippen LogP contribution >= 0.6 is 11.3 Å². The second kappa shape index (κ2) is 6.32. The lowest BCUT2D eigenvalue weighted by atomic mass is 9.82. The summed E-state index contributed by atoms with van der Waals surface area (Å²) in [5.74, 6) is 0. The van der Waals surface area contributed by atoms with Gasteiger partial charge in [-0.15, -0.1) is 11.3 Å². The molecule has 124 valence electrons. The lowest BCUT2D eigenvalue weighted by Crippen LogP contribution is -2.49. The maximum absolute atomic E-state index is 10.2. The van der Waals surface area contributed by atoms with Crippen LogP contribution in [0.1, 0.15) is 27.7 Å². The molecule has 1 heterocycles. The van der Waals surface area contributed by atoms with Gasteiger partial charge in [-0.25, -0.2) is 4.98 Å². The minimum absolute atomic E-state index is 0.469. The van der Waals surface area contributed by atoms with Crippen LogP contribution in [0.5, 0.6) is 0 Å². The summed E-state index contributed by atoms with van der Waals surface area (Å²) in [7, 11) is 0.469. The molecule has 0 saturated heterocycles. The number of nitrogens with zero attached hydrogens (tertiary/aromatic N) is 1. The molecule has 24 heavy (non-hydrogen) atoms. The second-order valence-corrected chi connectivity index (χ2v) is 8.07. The van der Waals surface area contributed by atoms with E-state index in [0.717, 1.165) is 21.6 Å². The smallest absolute Gasteiger partial charge is 0.309 e. The lowest BCUT2D eigenvalue weighted by molar-refractivity contribution is -0.0893. The number of hydrogen-bond acceptors (Lipinski definition) is 4. The van der Waals surface area contributed by atoms with E-state index in [9.17, 15) is 5.11 Å². The third-order valence-electron chi connectivity index (χ3n) is 4.57. The van der Waals surface area contributed by atoms with Crippen molar-refractivity contribution in [2.24, 2.45) is 0 Å². The van der Waals surface area contributed by atoms with E-state index < -0.39 is 11.2 Å². The summed E-state index contributed by atoms with van der Waals surface area (Å²) in [6, 6.07) is 16.4. The molecule has 1 N–H and O–H groups in total. The number of aliphatic hydroxyl groups is 1. The van der Waals surface area contributed by atoms with Crippen LogP contribution in [0.3, 0.4) is 0 Å². The van der Waals surface area contributed by atoms with Gasteiger partial charge in [0.1, 0.15) is 5.01 Å². The predicted octanol–water partition coefficient (Wildman–Crippen LogP) is 3.51. The zero-order chi connectivity index (χ0) is 17.4. The molecule has 1 aromatic heterocycles. The van der Waals surface area contributed by atoms with Crippen LogP contribution in [0, 0.1) is 0 Å². The van der Waals surface area contributed by atoms with E-state index in [-0.39, 0.29) is 0 Å². The summed E-state index contributed by atoms with van der Waals surface area (Å²) in [5.41, 5.74) is 1.72. The number of fused-ring (bicyclic) bond motifs is 1. The van der Waals surface area contributed by atoms with Gasteiger partial charge in [0.2, 0.25) is 0 Å². The van der Waals surface area contributed by atoms with Gasteiger partial charge >= 0.3 is 7.48 Å². The van der Waals surface area contributed by atoms with Gasteiger partial charge < -0.3 is 9.76 Å². The topological polar surface area (TPSA) is 42.4 Å². The van der Waals surface area contributed by atoms with Crippen molar-refractivity contribution in [2.75, 3.05) is 0 Å². The molecule has 0 amide bonds. The Morgan fingerprint density at radius 3 is 2.29 bits per heavy atom. The molecule has 0 saturated carbocycles. The van der Waals surface area contributed by atoms with Crippen LogP contribution in [0.4, 0.5) is 0 Å². The first kappa shape index (κ1) is 17.1. The van der Waals surface area contributed by atoms with E-state index in [0.29, 0.717) is 7.48 Å². The van der Waals surface area contributed by atoms with Crippen molar-refractivity contribution in [3.05, 3.63) is 48.5 Å². The Bertz CT molecular complexity index is 801. The summed E-state index contributed by atoms with van der Waals surface area (Å²) in [6.07, 6.45) is 0. The van der Waals surface area contributed by atoms with E-state index in [1.807, 2.05) is 32.0 Å². The van der Waals surface area contributed by atoms with Crippen molar-refractivity contribution < 1.29 is 9.76 Å². The van der Waals surface area contributed by atoms with Crippen molar-refractivity contribution in [2.45, 2.75) is 38.9 Å². The summed E-state index contributed by atoms with van der Waals surface area (Å²) in [5, 5.41) is 11.2. The fraction of sp³-hybridized carbons (Fsp3) is 0.316. The molecular formula is C19H22BNO2S. The van der Waals surface area contributed by atoms with Crippen LogP contribution in [-0.4, -0.2) is 28.8 Å². The summed E-state index contributed by atoms with van der Waals surface area (Å²) < 4.78 is 7.11. The number of para-hydroxylation sites is 1. The van der Waals surface area contributed by atoms with Crippen molar-refractivity contribution in [3.63, 3.8) is 0 Å². The van der Waals surface area contributed by atoms with Gasteiger partial charge in [0.15, 0.2) is 0 Å². The van der Waals surface area contributed by atoms with Crippen LogP contribution in [0.2, 0.25) is 0 Å². The Morgan fingerprint density at radius 1 is 1.00 bits per heavy atom. The maximum atomic E-state index is 10.2. The molecule has 0 radical (unpaired) electrons. The van der Waals surface area contributed by atoms with E-state index >= 15 is 0 Å². The number of benzene rings is 2. The molecule has 0 aliphatic heterocycles. The minimum Gasteiger partial charge on any atom is -0.427 e. The zero-order valence-corrected chi connectivity index (χ0v) is 15.4. The molecule has 3 aromatic rings. The first-order valence-electron chi connectivity index (χ1n) is 8.07. The van der Waals surface area contributed by atoms with E-state index in [1.54, 1.807) is 25.2 Å². The van der Waals surface area contributed by atoms with Crippen molar-refractivity contribution in [3.8, 4) is 10.6 Å². The Morgan fingerprint density at radius 2 is 1.67 bits per heavy atom. The van der Waals surface area contributed by atoms with Crippen LogP contribution in [0.15, 0.2) is 48.5 Å². The molecule has 0 spiro atoms. The average molecular weight is 339 g/mol. The predicted molar refractivity (Wildman–Crippen MR) is 103 cm³/mol. The van der Waals surface area contributed by atoms with Crippen LogP contribution in [0.25, 0.3) is 20.8 Å². The number of aromatic nitrogens is 1. The highest BCUT2D eigenvalue weighted by atomic mass is 32.1. The number of rotatable bonds is 5. The molecule has 0 unspecified atom stereocenters. The van der Waals surface area contributed by atoms with Gasteiger partial charge in [0.05, 0.1) is 21.4 Å². The molecule has 0 fully saturated rings. The fourth-order valence-corrected chi connectivity index (χ4v) is 3.15. The minimum atomic E-state index is -0.895. The summed E-state index contributed by atoms with van der Waals surface area (Å²) in [6.45, 7) is 7.34. The van der Waals surface area contributed by atoms with Gasteiger partial charge in [-0.05, 0) is 39.8 Å². The van der Waals surface area contributed by atoms with Gasteiger partial charge in [0.25, 0.3) is 0 Å². The Labute approximate surface area is 147 Å². The van der Waals surface area contributed by atoms with Crippen molar-refractivity contribution in [1.29, 1.82) is 0 Å². The van der Waals surface area contributed by atoms with Gasteiger partial charge in [0, 0.05) is 5.56 Å². The van der Waals surface area contributed by atoms with Gasteiger partial charge in [-0.3, -0.25) is 0 Å². The maximum Gasteiger partial charge on any atom is 0.309 e. The monoisotopic (exact) mass is 339 g/mol. The normalized spacial score (nSPS) is 12.5. The zero-order valence-electron chi connectivity index (χ0n) is 14.5. The average Bonchev–Trinajstić information content (AvgIpc) is 2.96. The molecular weight excluding hydrogens is 317 g/mol. The van der Waals surface area contributed by atoms with E-state index in [2.05, 4.69) is 35.3 Å². The van der Waals surface area contributed by atoms with Crippen molar-refractivity contribution in [1.82, 2.24) is 4.98 Å². The molecule has 3 nitrogen and oxygen atoms in total. The summed E-state index contributed by atoms with van der Waals surface area (Å²) in [4.78, 5) is 4.68. The third kappa shape index (κ3) is 3.53. The van der Waals surface area contributed by atoms with Crippen LogP contribution in [-0.2, 0) is 4.65 Å². The number of thiazole rings is 1. The molecule has 0 bridgehead atoms. The van der Waals surface area contributed by atoms with Gasteiger partial charge in [-0.2, -0.15) is 0 Å². The molecule has 3 rings (SSSR count). The highest BCUT2D eigenvalue weighted by molar-refractivity contribution is 7.21. The molecule has 5 heteroatoms. The molecule has 0 aliphatic carbocycles. The Hall–Kier alpha value is -1.69. The largest absolute Gasteiger partial charge is 0.427 e. The third-order valence-corrected chi connectivity index (χ3v) is 5.65. The van der Waals surface area contributed by atoms with Gasteiger partial charge in [-0.1, -0.05) is 41.9 Å². The lowest BCUT2D eigenvalue weighted by Gasteiger charge is -2.37. The molecule has 0 aliphatic rings. The quantitative estimate of drug-likeness (QED) is 0.724. The standard InChI is InChI=1S/C19H22BNO2S/c1-18(2,22)19(3,4)23-20-14-11-9-13(10-12-14)17-21-15-7-5-6-8-16(15)24-17/h5-12,20,22H,1-4H3.